The molecule has 0 amide bonds. The van der Waals surface area contributed by atoms with E-state index in [1.165, 1.54) is 21.3 Å². The van der Waals surface area contributed by atoms with Gasteiger partial charge in [0.2, 0.25) is 16.0 Å². The van der Waals surface area contributed by atoms with Gasteiger partial charge in [0.25, 0.3) is 0 Å². The molecule has 0 radical (unpaired) electrons. The molecule has 0 saturated carbocycles. The van der Waals surface area contributed by atoms with Crippen LogP contribution in [0.15, 0.2) is 49.1 Å². The quantitative estimate of drug-likeness (QED) is 0.198. The van der Waals surface area contributed by atoms with Crippen LogP contribution in [-0.2, 0) is 25.9 Å². The molecular weight excluding hydrogens is 562 g/mol. The summed E-state index contributed by atoms with van der Waals surface area (Å²) in [4.78, 5) is 12.9. The van der Waals surface area contributed by atoms with Gasteiger partial charge in [-0.15, -0.1) is 10.2 Å². The van der Waals surface area contributed by atoms with Crippen LogP contribution in [0.4, 0.5) is 5.95 Å². The summed E-state index contributed by atoms with van der Waals surface area (Å²) < 4.78 is 53.3. The monoisotopic (exact) mass is 597 g/mol. The molecule has 0 aliphatic carbocycles. The number of pyridine rings is 1. The minimum Gasteiger partial charge on any atom is -0.494 e. The third-order valence-corrected chi connectivity index (χ3v) is 8.54. The molecular formula is C28H35N7O6S. The lowest BCUT2D eigenvalue weighted by Gasteiger charge is -2.26. The fourth-order valence-electron chi connectivity index (χ4n) is 4.28. The van der Waals surface area contributed by atoms with Crippen molar-refractivity contribution >= 4 is 16.0 Å². The van der Waals surface area contributed by atoms with E-state index in [1.807, 2.05) is 19.9 Å². The molecule has 14 heteroatoms. The van der Waals surface area contributed by atoms with Gasteiger partial charge in [0.15, 0.2) is 5.82 Å². The predicted molar refractivity (Wildman–Crippen MR) is 157 cm³/mol. The van der Waals surface area contributed by atoms with E-state index in [2.05, 4.69) is 25.1 Å². The first-order chi connectivity index (χ1) is 20.2. The summed E-state index contributed by atoms with van der Waals surface area (Å²) in [6.07, 6.45) is 6.66. The Bertz CT molecular complexity index is 1570. The number of aryl methyl sites for hydroxylation is 2. The second-order valence-electron chi connectivity index (χ2n) is 9.50. The van der Waals surface area contributed by atoms with Crippen molar-refractivity contribution in [3.8, 4) is 28.6 Å². The second-order valence-corrected chi connectivity index (χ2v) is 11.7. The highest BCUT2D eigenvalue weighted by Gasteiger charge is 2.36. The molecule has 1 atom stereocenters. The van der Waals surface area contributed by atoms with Crippen molar-refractivity contribution in [2.75, 3.05) is 52.5 Å². The van der Waals surface area contributed by atoms with E-state index >= 15 is 0 Å². The highest BCUT2D eigenvalue weighted by atomic mass is 32.2. The lowest BCUT2D eigenvalue weighted by atomic mass is 10.2. The molecule has 0 fully saturated rings. The largest absolute Gasteiger partial charge is 0.494 e. The molecule has 4 aromatic rings. The number of anilines is 1. The molecule has 13 nitrogen and oxygen atoms in total. The van der Waals surface area contributed by atoms with Crippen LogP contribution in [0.1, 0.15) is 17.0 Å². The van der Waals surface area contributed by atoms with E-state index in [0.717, 1.165) is 15.4 Å². The van der Waals surface area contributed by atoms with Crippen molar-refractivity contribution < 1.29 is 27.4 Å². The minimum absolute atomic E-state index is 0.0146. The number of methoxy groups -OCH3 is 3. The lowest BCUT2D eigenvalue weighted by Crippen LogP contribution is -2.41. The van der Waals surface area contributed by atoms with Crippen LogP contribution in [0.5, 0.6) is 11.5 Å². The Kier molecular flexibility index (Phi) is 10.0. The molecule has 1 aromatic carbocycles. The van der Waals surface area contributed by atoms with Crippen molar-refractivity contribution in [1.29, 1.82) is 0 Å². The molecule has 42 heavy (non-hydrogen) atoms. The van der Waals surface area contributed by atoms with Crippen LogP contribution in [0, 0.1) is 13.8 Å². The Labute approximate surface area is 245 Å². The molecule has 0 bridgehead atoms. The molecule has 224 valence electrons. The van der Waals surface area contributed by atoms with Crippen LogP contribution in [-0.4, -0.2) is 91.6 Å². The number of sulfonamides is 1. The third-order valence-electron chi connectivity index (χ3n) is 6.47. The van der Waals surface area contributed by atoms with Crippen molar-refractivity contribution in [3.05, 3.63) is 66.0 Å². The number of para-hydroxylation sites is 1. The SMILES string of the molecule is COCCOC[C@@H](Cc1ncc(C)cn1)S(=O)(=O)N(C)c1nnc(-c2cncc(C)c2)n1-c1c(OC)cccc1OC. The molecule has 0 aliphatic heterocycles. The Morgan fingerprint density at radius 1 is 0.929 bits per heavy atom. The van der Waals surface area contributed by atoms with Gasteiger partial charge < -0.3 is 18.9 Å². The Morgan fingerprint density at radius 2 is 1.62 bits per heavy atom. The predicted octanol–water partition coefficient (Wildman–Crippen LogP) is 2.79. The number of rotatable bonds is 14. The van der Waals surface area contributed by atoms with Crippen LogP contribution < -0.4 is 13.8 Å². The zero-order valence-electron chi connectivity index (χ0n) is 24.5. The molecule has 0 N–H and O–H groups in total. The number of ether oxygens (including phenoxy) is 4. The topological polar surface area (TPSA) is 144 Å². The number of benzene rings is 1. The van der Waals surface area contributed by atoms with Crippen LogP contribution in [0.2, 0.25) is 0 Å². The molecule has 0 saturated heterocycles. The first-order valence-corrected chi connectivity index (χ1v) is 14.6. The highest BCUT2D eigenvalue weighted by molar-refractivity contribution is 7.93. The smallest absolute Gasteiger partial charge is 0.245 e. The van der Waals surface area contributed by atoms with Crippen LogP contribution in [0.25, 0.3) is 17.1 Å². The summed E-state index contributed by atoms with van der Waals surface area (Å²) >= 11 is 0. The molecule has 0 unspecified atom stereocenters. The number of aromatic nitrogens is 6. The summed E-state index contributed by atoms with van der Waals surface area (Å²) in [6.45, 7) is 4.19. The van der Waals surface area contributed by atoms with Crippen molar-refractivity contribution in [2.45, 2.75) is 25.5 Å². The van der Waals surface area contributed by atoms with Crippen LogP contribution >= 0.6 is 0 Å². The van der Waals surface area contributed by atoms with Crippen molar-refractivity contribution in [1.82, 2.24) is 29.7 Å². The third kappa shape index (κ3) is 6.66. The average Bonchev–Trinajstić information content (AvgIpc) is 3.43. The Balaban J connectivity index is 1.85. The summed E-state index contributed by atoms with van der Waals surface area (Å²) in [7, 11) is 1.88. The van der Waals surface area contributed by atoms with Crippen molar-refractivity contribution in [2.24, 2.45) is 0 Å². The van der Waals surface area contributed by atoms with E-state index < -0.39 is 15.3 Å². The van der Waals surface area contributed by atoms with Gasteiger partial charge in [-0.25, -0.2) is 22.7 Å². The first-order valence-electron chi connectivity index (χ1n) is 13.1. The maximum Gasteiger partial charge on any atom is 0.245 e. The van der Waals surface area contributed by atoms with Gasteiger partial charge in [0, 0.05) is 50.9 Å². The zero-order valence-corrected chi connectivity index (χ0v) is 25.3. The fraction of sp³-hybridized carbons (Fsp3) is 0.393. The van der Waals surface area contributed by atoms with E-state index in [0.29, 0.717) is 41.0 Å². The fourth-order valence-corrected chi connectivity index (χ4v) is 5.70. The van der Waals surface area contributed by atoms with Gasteiger partial charge in [-0.05, 0) is 43.2 Å². The highest BCUT2D eigenvalue weighted by Crippen LogP contribution is 2.39. The van der Waals surface area contributed by atoms with E-state index in [1.54, 1.807) is 54.7 Å². The maximum absolute atomic E-state index is 14.3. The van der Waals surface area contributed by atoms with Crippen LogP contribution in [0.3, 0.4) is 0 Å². The number of hydrogen-bond acceptors (Lipinski definition) is 11. The first kappa shape index (κ1) is 30.8. The number of hydrogen-bond donors (Lipinski definition) is 0. The maximum atomic E-state index is 14.3. The van der Waals surface area contributed by atoms with Gasteiger partial charge in [-0.2, -0.15) is 0 Å². The van der Waals surface area contributed by atoms with E-state index in [9.17, 15) is 8.42 Å². The molecule has 4 rings (SSSR count). The summed E-state index contributed by atoms with van der Waals surface area (Å²) in [6, 6.07) is 7.15. The van der Waals surface area contributed by atoms with E-state index in [4.69, 9.17) is 18.9 Å². The summed E-state index contributed by atoms with van der Waals surface area (Å²) in [5, 5.41) is 7.72. The zero-order chi connectivity index (χ0) is 30.3. The standard InChI is InChI=1S/C28H35N7O6S/c1-19-12-21(17-29-14-19)27-32-33-28(35(27)26-23(39-5)8-7-9-24(26)40-6)34(3)42(36,37)22(18-41-11-10-38-4)13-25-30-15-20(2)16-31-25/h7-9,12,14-17,22H,10-11,13,18H2,1-6H3/t22-/m1/s1. The van der Waals surface area contributed by atoms with Gasteiger partial charge >= 0.3 is 0 Å². The number of nitrogens with zero attached hydrogens (tertiary/aromatic N) is 7. The Morgan fingerprint density at radius 3 is 2.24 bits per heavy atom. The van der Waals surface area contributed by atoms with Gasteiger partial charge in [0.1, 0.15) is 28.3 Å². The summed E-state index contributed by atoms with van der Waals surface area (Å²) in [5.41, 5.74) is 2.81. The van der Waals surface area contributed by atoms with Gasteiger partial charge in [-0.1, -0.05) is 6.07 Å². The molecule has 0 aliphatic rings. The molecule has 3 aromatic heterocycles. The molecule has 0 spiro atoms. The minimum atomic E-state index is -4.13. The second kappa shape index (κ2) is 13.7. The average molecular weight is 598 g/mol. The van der Waals surface area contributed by atoms with Gasteiger partial charge in [0.05, 0.1) is 34.0 Å². The summed E-state index contributed by atoms with van der Waals surface area (Å²) in [5.74, 6) is 1.59. The van der Waals surface area contributed by atoms with Crippen molar-refractivity contribution in [3.63, 3.8) is 0 Å². The molecule has 3 heterocycles. The van der Waals surface area contributed by atoms with E-state index in [-0.39, 0.29) is 25.6 Å². The van der Waals surface area contributed by atoms with Gasteiger partial charge in [-0.3, -0.25) is 9.55 Å². The lowest BCUT2D eigenvalue weighted by molar-refractivity contribution is 0.0703. The Hall–Kier alpha value is -4.14. The normalized spacial score (nSPS) is 12.2.